The zero-order valence-corrected chi connectivity index (χ0v) is 47.4. The number of nitrogens with zero attached hydrogens (tertiary/aromatic N) is 2. The van der Waals surface area contributed by atoms with Gasteiger partial charge in [-0.3, -0.25) is 14.4 Å². The summed E-state index contributed by atoms with van der Waals surface area (Å²) >= 11 is 0. The highest BCUT2D eigenvalue weighted by Crippen LogP contribution is 2.22. The minimum atomic E-state index is -0.235. The van der Waals surface area contributed by atoms with E-state index >= 15 is 0 Å². The first-order chi connectivity index (χ1) is 34.1. The van der Waals surface area contributed by atoms with Gasteiger partial charge in [0.15, 0.2) is 0 Å². The molecule has 0 fully saturated rings. The minimum absolute atomic E-state index is 0.0219. The molecule has 0 rings (SSSR count). The molecule has 0 aromatic carbocycles. The Kier molecular flexibility index (Phi) is 49.8. The first-order valence-corrected chi connectivity index (χ1v) is 30.2. The Labute approximate surface area is 433 Å². The topological polar surface area (TPSA) is 112 Å². The Morgan fingerprint density at radius 2 is 0.643 bits per heavy atom. The van der Waals surface area contributed by atoms with Crippen molar-refractivity contribution in [1.29, 1.82) is 0 Å². The first kappa shape index (κ1) is 67.6. The van der Waals surface area contributed by atoms with Gasteiger partial charge in [-0.15, -0.1) is 0 Å². The Hall–Kier alpha value is -2.36. The molecule has 0 N–H and O–H groups in total. The van der Waals surface area contributed by atoms with Crippen LogP contribution in [0.4, 0.5) is 4.79 Å². The van der Waals surface area contributed by atoms with E-state index in [-0.39, 0.29) is 42.3 Å². The standard InChI is InChI=1S/C60H116N2O8/c1-8-13-18-30-41-54(42-31-19-14-9-2)68-58(64)48-36-28-24-22-26-34-45-56(70-60(66)62(52-40-50-61(6)7)51-39-38-47-57(63)67-53-17-12-5)46-35-27-23-25-29-37-49-59(65)69-55(43-32-20-15-10-3)44-33-21-16-11-4/h54-56H,8-53H2,1-7H3. The van der Waals surface area contributed by atoms with Crippen LogP contribution in [0.25, 0.3) is 0 Å². The number of hydrogen-bond acceptors (Lipinski definition) is 9. The van der Waals surface area contributed by atoms with Gasteiger partial charge in [0.2, 0.25) is 0 Å². The number of carbonyl (C=O) groups is 4. The molecule has 0 unspecified atom stereocenters. The summed E-state index contributed by atoms with van der Waals surface area (Å²) in [5.41, 5.74) is 0. The van der Waals surface area contributed by atoms with Crippen molar-refractivity contribution in [3.63, 3.8) is 0 Å². The van der Waals surface area contributed by atoms with Crippen molar-refractivity contribution in [1.82, 2.24) is 9.80 Å². The molecule has 0 spiro atoms. The lowest BCUT2D eigenvalue weighted by Crippen LogP contribution is -2.37. The molecular weight excluding hydrogens is 877 g/mol. The summed E-state index contributed by atoms with van der Waals surface area (Å²) in [4.78, 5) is 55.7. The van der Waals surface area contributed by atoms with E-state index in [2.05, 4.69) is 53.6 Å². The second-order valence-corrected chi connectivity index (χ2v) is 21.1. The maximum atomic E-state index is 13.8. The third-order valence-corrected chi connectivity index (χ3v) is 13.8. The molecule has 0 saturated heterocycles. The summed E-state index contributed by atoms with van der Waals surface area (Å²) in [6, 6.07) is 0. The number of hydrogen-bond donors (Lipinski definition) is 0. The Balaban J connectivity index is 5.15. The van der Waals surface area contributed by atoms with Crippen LogP contribution in [0.1, 0.15) is 304 Å². The van der Waals surface area contributed by atoms with Gasteiger partial charge >= 0.3 is 24.0 Å². The van der Waals surface area contributed by atoms with E-state index in [1.807, 2.05) is 4.90 Å². The van der Waals surface area contributed by atoms with Crippen LogP contribution in [0.15, 0.2) is 0 Å². The van der Waals surface area contributed by atoms with Gasteiger partial charge in [-0.25, -0.2) is 4.79 Å². The van der Waals surface area contributed by atoms with Crippen LogP contribution in [-0.2, 0) is 33.3 Å². The molecule has 70 heavy (non-hydrogen) atoms. The van der Waals surface area contributed by atoms with Crippen molar-refractivity contribution in [3.8, 4) is 0 Å². The molecule has 0 aliphatic heterocycles. The van der Waals surface area contributed by atoms with E-state index in [4.69, 9.17) is 18.9 Å². The van der Waals surface area contributed by atoms with Crippen LogP contribution in [0.2, 0.25) is 0 Å². The van der Waals surface area contributed by atoms with Gasteiger partial charge < -0.3 is 28.7 Å². The lowest BCUT2D eigenvalue weighted by atomic mass is 10.0. The molecule has 0 aliphatic rings. The van der Waals surface area contributed by atoms with E-state index < -0.39 is 0 Å². The molecule has 0 radical (unpaired) electrons. The third kappa shape index (κ3) is 45.5. The highest BCUT2D eigenvalue weighted by molar-refractivity contribution is 5.70. The van der Waals surface area contributed by atoms with Gasteiger partial charge in [-0.05, 0) is 136 Å². The van der Waals surface area contributed by atoms with E-state index in [1.54, 1.807) is 0 Å². The molecule has 0 aliphatic carbocycles. The predicted molar refractivity (Wildman–Crippen MR) is 293 cm³/mol. The number of unbranched alkanes of at least 4 members (excludes halogenated alkanes) is 24. The molecule has 1 amide bonds. The normalized spacial score (nSPS) is 11.6. The Morgan fingerprint density at radius 3 is 1.03 bits per heavy atom. The fraction of sp³-hybridized carbons (Fsp3) is 0.933. The van der Waals surface area contributed by atoms with Crippen LogP contribution in [0.5, 0.6) is 0 Å². The molecule has 0 bridgehead atoms. The highest BCUT2D eigenvalue weighted by atomic mass is 16.6. The van der Waals surface area contributed by atoms with Crippen molar-refractivity contribution >= 4 is 24.0 Å². The van der Waals surface area contributed by atoms with E-state index in [9.17, 15) is 19.2 Å². The zero-order valence-electron chi connectivity index (χ0n) is 47.4. The number of esters is 3. The molecule has 10 heteroatoms. The number of rotatable bonds is 53. The van der Waals surface area contributed by atoms with E-state index in [0.717, 1.165) is 173 Å². The van der Waals surface area contributed by atoms with Gasteiger partial charge in [0.1, 0.15) is 18.3 Å². The summed E-state index contributed by atoms with van der Waals surface area (Å²) in [6.45, 7) is 13.6. The third-order valence-electron chi connectivity index (χ3n) is 13.8. The molecule has 414 valence electrons. The van der Waals surface area contributed by atoms with E-state index in [0.29, 0.717) is 45.4 Å². The number of amides is 1. The smallest absolute Gasteiger partial charge is 0.410 e. The van der Waals surface area contributed by atoms with E-state index in [1.165, 1.54) is 77.0 Å². The van der Waals surface area contributed by atoms with Gasteiger partial charge in [0.25, 0.3) is 0 Å². The zero-order chi connectivity index (χ0) is 51.6. The fourth-order valence-electron chi connectivity index (χ4n) is 9.23. The Morgan fingerprint density at radius 1 is 0.329 bits per heavy atom. The quantitative estimate of drug-likeness (QED) is 0.0334. The monoisotopic (exact) mass is 993 g/mol. The number of carbonyl (C=O) groups excluding carboxylic acids is 4. The molecule has 0 saturated carbocycles. The Bertz CT molecular complexity index is 1100. The first-order valence-electron chi connectivity index (χ1n) is 30.2. The van der Waals surface area contributed by atoms with Crippen LogP contribution in [0.3, 0.4) is 0 Å². The lowest BCUT2D eigenvalue weighted by Gasteiger charge is -2.26. The maximum absolute atomic E-state index is 13.8. The number of ether oxygens (including phenoxy) is 4. The van der Waals surface area contributed by atoms with Crippen molar-refractivity contribution in [2.75, 3.05) is 40.3 Å². The summed E-state index contributed by atoms with van der Waals surface area (Å²) in [5, 5.41) is 0. The van der Waals surface area contributed by atoms with Crippen LogP contribution < -0.4 is 0 Å². The predicted octanol–water partition coefficient (Wildman–Crippen LogP) is 17.2. The van der Waals surface area contributed by atoms with Crippen LogP contribution in [-0.4, -0.2) is 92.4 Å². The summed E-state index contributed by atoms with van der Waals surface area (Å²) in [6.07, 6.45) is 42.8. The summed E-state index contributed by atoms with van der Waals surface area (Å²) in [5.74, 6) is -0.201. The second kappa shape index (κ2) is 51.5. The fourth-order valence-corrected chi connectivity index (χ4v) is 9.23. The molecule has 0 heterocycles. The average Bonchev–Trinajstić information content (AvgIpc) is 3.33. The molecule has 0 aromatic rings. The summed E-state index contributed by atoms with van der Waals surface area (Å²) < 4.78 is 23.7. The van der Waals surface area contributed by atoms with Crippen molar-refractivity contribution in [3.05, 3.63) is 0 Å². The minimum Gasteiger partial charge on any atom is -0.466 e. The SMILES string of the molecule is CCCCCCC(CCCCCC)OC(=O)CCCCCCCCC(CCCCCCCCC(=O)OC(CCCCCC)CCCCCC)OC(=O)N(CCCCC(=O)OCCCC)CCCN(C)C. The molecule has 0 atom stereocenters. The van der Waals surface area contributed by atoms with Gasteiger partial charge in [0.05, 0.1) is 6.61 Å². The van der Waals surface area contributed by atoms with Crippen molar-refractivity contribution in [2.24, 2.45) is 0 Å². The van der Waals surface area contributed by atoms with Crippen molar-refractivity contribution < 1.29 is 38.1 Å². The largest absolute Gasteiger partial charge is 0.466 e. The molecule has 10 nitrogen and oxygen atoms in total. The van der Waals surface area contributed by atoms with Gasteiger partial charge in [0, 0.05) is 32.4 Å². The van der Waals surface area contributed by atoms with Gasteiger partial charge in [-0.2, -0.15) is 0 Å². The van der Waals surface area contributed by atoms with Crippen molar-refractivity contribution in [2.45, 2.75) is 323 Å². The molecular formula is C60H116N2O8. The lowest BCUT2D eigenvalue weighted by molar-refractivity contribution is -0.151. The summed E-state index contributed by atoms with van der Waals surface area (Å²) in [7, 11) is 4.10. The second-order valence-electron chi connectivity index (χ2n) is 21.1. The highest BCUT2D eigenvalue weighted by Gasteiger charge is 2.21. The maximum Gasteiger partial charge on any atom is 0.410 e. The molecule has 0 aromatic heterocycles. The van der Waals surface area contributed by atoms with Crippen LogP contribution in [0, 0.1) is 0 Å². The average molecular weight is 994 g/mol. The van der Waals surface area contributed by atoms with Crippen LogP contribution >= 0.6 is 0 Å². The van der Waals surface area contributed by atoms with Gasteiger partial charge in [-0.1, -0.05) is 169 Å².